The lowest BCUT2D eigenvalue weighted by Gasteiger charge is -2.27. The van der Waals surface area contributed by atoms with Gasteiger partial charge >= 0.3 is 0 Å². The van der Waals surface area contributed by atoms with Crippen molar-refractivity contribution in [1.29, 1.82) is 0 Å². The summed E-state index contributed by atoms with van der Waals surface area (Å²) < 4.78 is 6.81. The molecular weight excluding hydrogens is 242 g/mol. The maximum Gasteiger partial charge on any atom is 0.133 e. The van der Waals surface area contributed by atoms with E-state index in [4.69, 9.17) is 4.74 Å². The number of hydrogen-bond donors (Lipinski definition) is 1. The van der Waals surface area contributed by atoms with E-state index in [1.807, 2.05) is 12.1 Å². The monoisotopic (exact) mass is 255 g/mol. The van der Waals surface area contributed by atoms with E-state index in [1.54, 1.807) is 0 Å². The van der Waals surface area contributed by atoms with Crippen LogP contribution >= 0.6 is 15.9 Å². The van der Waals surface area contributed by atoms with Crippen molar-refractivity contribution in [3.63, 3.8) is 0 Å². The zero-order chi connectivity index (χ0) is 9.97. The zero-order valence-electron chi connectivity index (χ0n) is 8.22. The Kier molecular flexibility index (Phi) is 3.08. The lowest BCUT2D eigenvalue weighted by Crippen LogP contribution is -2.45. The molecule has 1 saturated heterocycles. The predicted octanol–water partition coefficient (Wildman–Crippen LogP) is 2.36. The normalized spacial score (nSPS) is 16.4. The highest BCUT2D eigenvalue weighted by Gasteiger charge is 2.17. The van der Waals surface area contributed by atoms with Crippen LogP contribution in [0.5, 0.6) is 5.75 Å². The van der Waals surface area contributed by atoms with Crippen LogP contribution in [-0.4, -0.2) is 19.7 Å². The van der Waals surface area contributed by atoms with E-state index in [9.17, 15) is 0 Å². The van der Waals surface area contributed by atoms with Gasteiger partial charge in [-0.05, 0) is 34.5 Å². The molecule has 3 heteroatoms. The molecule has 0 spiro atoms. The minimum atomic E-state index is 0.683. The fourth-order valence-electron chi connectivity index (χ4n) is 1.41. The second-order valence-corrected chi connectivity index (χ2v) is 4.52. The molecule has 0 aromatic heterocycles. The number of nitrogens with one attached hydrogen (secondary N) is 1. The van der Waals surface area contributed by atoms with Crippen LogP contribution in [0.25, 0.3) is 0 Å². The molecule has 1 N–H and O–H groups in total. The fraction of sp³-hybridized carbons (Fsp3) is 0.455. The first-order valence-corrected chi connectivity index (χ1v) is 5.65. The predicted molar refractivity (Wildman–Crippen MR) is 60.7 cm³/mol. The van der Waals surface area contributed by atoms with Crippen LogP contribution in [0.1, 0.15) is 5.56 Å². The van der Waals surface area contributed by atoms with Gasteiger partial charge in [-0.25, -0.2) is 0 Å². The van der Waals surface area contributed by atoms with Gasteiger partial charge in [0.15, 0.2) is 0 Å². The second-order valence-electron chi connectivity index (χ2n) is 3.72. The molecule has 0 radical (unpaired) electrons. The van der Waals surface area contributed by atoms with E-state index in [-0.39, 0.29) is 0 Å². The highest BCUT2D eigenvalue weighted by atomic mass is 79.9. The molecule has 0 saturated carbocycles. The molecule has 0 aliphatic carbocycles. The third kappa shape index (κ3) is 2.10. The quantitative estimate of drug-likeness (QED) is 0.896. The highest BCUT2D eigenvalue weighted by Crippen LogP contribution is 2.28. The number of hydrogen-bond acceptors (Lipinski definition) is 2. The summed E-state index contributed by atoms with van der Waals surface area (Å²) in [6.07, 6.45) is 0. The Morgan fingerprint density at radius 1 is 1.50 bits per heavy atom. The van der Waals surface area contributed by atoms with Crippen molar-refractivity contribution >= 4 is 15.9 Å². The summed E-state index contributed by atoms with van der Waals surface area (Å²) in [5, 5.41) is 3.23. The van der Waals surface area contributed by atoms with Gasteiger partial charge in [-0.1, -0.05) is 12.1 Å². The minimum Gasteiger partial charge on any atom is -0.492 e. The molecule has 76 valence electrons. The Morgan fingerprint density at radius 2 is 2.29 bits per heavy atom. The molecule has 1 aromatic carbocycles. The number of aryl methyl sites for hydroxylation is 1. The van der Waals surface area contributed by atoms with Crippen molar-refractivity contribution in [3.8, 4) is 5.75 Å². The molecule has 14 heavy (non-hydrogen) atoms. The highest BCUT2D eigenvalue weighted by molar-refractivity contribution is 9.10. The first-order valence-electron chi connectivity index (χ1n) is 4.86. The van der Waals surface area contributed by atoms with E-state index in [1.165, 1.54) is 5.56 Å². The summed E-state index contributed by atoms with van der Waals surface area (Å²) in [7, 11) is 0. The average molecular weight is 256 g/mol. The van der Waals surface area contributed by atoms with Crippen LogP contribution in [0.3, 0.4) is 0 Å². The van der Waals surface area contributed by atoms with Crippen LogP contribution in [0.4, 0.5) is 0 Å². The van der Waals surface area contributed by atoms with Crippen LogP contribution < -0.4 is 10.1 Å². The topological polar surface area (TPSA) is 21.3 Å². The number of benzene rings is 1. The molecule has 1 aliphatic heterocycles. The summed E-state index contributed by atoms with van der Waals surface area (Å²) in [5.74, 6) is 1.64. The van der Waals surface area contributed by atoms with E-state index in [2.05, 4.69) is 34.2 Å². The van der Waals surface area contributed by atoms with Gasteiger partial charge in [-0.3, -0.25) is 0 Å². The standard InChI is InChI=1S/C11H14BrNO/c1-8-3-2-4-10(11(8)12)14-7-9-5-13-6-9/h2-4,9,13H,5-7H2,1H3. The molecule has 2 nitrogen and oxygen atoms in total. The van der Waals surface area contributed by atoms with Crippen molar-refractivity contribution in [3.05, 3.63) is 28.2 Å². The van der Waals surface area contributed by atoms with Crippen molar-refractivity contribution in [1.82, 2.24) is 5.32 Å². The van der Waals surface area contributed by atoms with Gasteiger partial charge in [0.25, 0.3) is 0 Å². The van der Waals surface area contributed by atoms with Crippen molar-refractivity contribution in [2.45, 2.75) is 6.92 Å². The molecule has 2 rings (SSSR count). The van der Waals surface area contributed by atoms with E-state index >= 15 is 0 Å². The molecule has 1 fully saturated rings. The second kappa shape index (κ2) is 4.32. The maximum absolute atomic E-state index is 5.73. The summed E-state index contributed by atoms with van der Waals surface area (Å²) >= 11 is 3.53. The molecule has 0 unspecified atom stereocenters. The molecule has 1 aliphatic rings. The Balaban J connectivity index is 1.97. The van der Waals surface area contributed by atoms with Crippen LogP contribution in [0.2, 0.25) is 0 Å². The molecule has 1 aromatic rings. The van der Waals surface area contributed by atoms with Crippen molar-refractivity contribution < 1.29 is 4.74 Å². The number of ether oxygens (including phenoxy) is 1. The molecule has 1 heterocycles. The lowest BCUT2D eigenvalue weighted by atomic mass is 10.1. The Hall–Kier alpha value is -0.540. The molecular formula is C11H14BrNO. The Morgan fingerprint density at radius 3 is 2.93 bits per heavy atom. The molecule has 0 atom stereocenters. The average Bonchev–Trinajstić information content (AvgIpc) is 2.09. The van der Waals surface area contributed by atoms with Gasteiger partial charge in [0.2, 0.25) is 0 Å². The summed E-state index contributed by atoms with van der Waals surface area (Å²) in [4.78, 5) is 0. The summed E-state index contributed by atoms with van der Waals surface area (Å²) in [6, 6.07) is 6.10. The van der Waals surface area contributed by atoms with Gasteiger partial charge in [0.1, 0.15) is 5.75 Å². The molecule has 0 amide bonds. The maximum atomic E-state index is 5.73. The molecule has 0 bridgehead atoms. The smallest absolute Gasteiger partial charge is 0.133 e. The van der Waals surface area contributed by atoms with E-state index in [0.717, 1.165) is 29.9 Å². The van der Waals surface area contributed by atoms with Crippen LogP contribution in [0, 0.1) is 12.8 Å². The third-order valence-electron chi connectivity index (χ3n) is 2.50. The first-order chi connectivity index (χ1) is 6.77. The SMILES string of the molecule is Cc1cccc(OCC2CNC2)c1Br. The third-order valence-corrected chi connectivity index (χ3v) is 3.51. The van der Waals surface area contributed by atoms with Crippen molar-refractivity contribution in [2.24, 2.45) is 5.92 Å². The van der Waals surface area contributed by atoms with E-state index in [0.29, 0.717) is 5.92 Å². The lowest BCUT2D eigenvalue weighted by molar-refractivity contribution is 0.198. The Bertz CT molecular complexity index is 323. The van der Waals surface area contributed by atoms with Gasteiger partial charge in [-0.15, -0.1) is 0 Å². The number of halogens is 1. The summed E-state index contributed by atoms with van der Waals surface area (Å²) in [6.45, 7) is 5.06. The number of rotatable bonds is 3. The zero-order valence-corrected chi connectivity index (χ0v) is 9.80. The van der Waals surface area contributed by atoms with E-state index < -0.39 is 0 Å². The first kappa shape index (κ1) is 9.99. The van der Waals surface area contributed by atoms with Crippen molar-refractivity contribution in [2.75, 3.05) is 19.7 Å². The summed E-state index contributed by atoms with van der Waals surface area (Å²) in [5.41, 5.74) is 1.22. The van der Waals surface area contributed by atoms with Gasteiger partial charge < -0.3 is 10.1 Å². The van der Waals surface area contributed by atoms with Crippen LogP contribution in [0.15, 0.2) is 22.7 Å². The minimum absolute atomic E-state index is 0.683. The largest absolute Gasteiger partial charge is 0.492 e. The van der Waals surface area contributed by atoms with Gasteiger partial charge in [0, 0.05) is 19.0 Å². The Labute approximate surface area is 92.8 Å². The van der Waals surface area contributed by atoms with Gasteiger partial charge in [-0.2, -0.15) is 0 Å². The van der Waals surface area contributed by atoms with Crippen LogP contribution in [-0.2, 0) is 0 Å². The van der Waals surface area contributed by atoms with Gasteiger partial charge in [0.05, 0.1) is 11.1 Å². The fourth-order valence-corrected chi connectivity index (χ4v) is 1.78.